The summed E-state index contributed by atoms with van der Waals surface area (Å²) in [5.41, 5.74) is 0. The average molecular weight is 396 g/mol. The van der Waals surface area contributed by atoms with E-state index in [0.29, 0.717) is 18.0 Å². The fourth-order valence-corrected chi connectivity index (χ4v) is 3.93. The number of nitrogens with zero attached hydrogens (tertiary/aromatic N) is 1. The minimum Gasteiger partial charge on any atom is -0.481 e. The van der Waals surface area contributed by atoms with E-state index in [1.165, 1.54) is 64.2 Å². The van der Waals surface area contributed by atoms with E-state index in [-0.39, 0.29) is 6.42 Å². The zero-order valence-corrected chi connectivity index (χ0v) is 19.6. The van der Waals surface area contributed by atoms with E-state index >= 15 is 0 Å². The van der Waals surface area contributed by atoms with Crippen LogP contribution in [-0.4, -0.2) is 34.6 Å². The van der Waals surface area contributed by atoms with Crippen LogP contribution in [0.25, 0.3) is 0 Å². The van der Waals surface area contributed by atoms with Crippen molar-refractivity contribution in [3.63, 3.8) is 0 Å². The molecule has 0 heterocycles. The highest BCUT2D eigenvalue weighted by Gasteiger charge is 2.22. The smallest absolute Gasteiger partial charge is 0.303 e. The molecule has 0 aromatic heterocycles. The zero-order chi connectivity index (χ0) is 21.2. The molecule has 3 heteroatoms. The first-order valence-electron chi connectivity index (χ1n) is 12.1. The summed E-state index contributed by atoms with van der Waals surface area (Å²) in [7, 11) is 0. The quantitative estimate of drug-likeness (QED) is 0.182. The van der Waals surface area contributed by atoms with E-state index in [2.05, 4.69) is 51.7 Å². The van der Waals surface area contributed by atoms with Gasteiger partial charge in [-0.25, -0.2) is 0 Å². The number of allylic oxidation sites excluding steroid dienone is 1. The molecular formula is C25H49NO2. The van der Waals surface area contributed by atoms with E-state index < -0.39 is 5.97 Å². The molecule has 0 rings (SSSR count). The van der Waals surface area contributed by atoms with Gasteiger partial charge in [0.25, 0.3) is 0 Å². The van der Waals surface area contributed by atoms with Gasteiger partial charge < -0.3 is 5.11 Å². The molecule has 3 nitrogen and oxygen atoms in total. The summed E-state index contributed by atoms with van der Waals surface area (Å²) in [4.78, 5) is 13.8. The molecule has 0 amide bonds. The molecule has 0 saturated heterocycles. The number of rotatable bonds is 19. The van der Waals surface area contributed by atoms with Crippen LogP contribution in [0.2, 0.25) is 0 Å². The standard InChI is InChI=1S/C25H49NO2/c1-6-9-12-13-14-15-18-24(19-20-25(27)28)21-26(22(4)16-10-7-2)23(5)17-11-8-3/h15,18,22-24H,6-14,16-17,19-21H2,1-5H3,(H,27,28)/b18-15+. The molecule has 0 aromatic rings. The molecule has 28 heavy (non-hydrogen) atoms. The second-order valence-corrected chi connectivity index (χ2v) is 8.65. The van der Waals surface area contributed by atoms with Crippen molar-refractivity contribution in [3.8, 4) is 0 Å². The van der Waals surface area contributed by atoms with Gasteiger partial charge in [0.15, 0.2) is 0 Å². The SMILES string of the molecule is CCCCCC/C=C/C(CCC(=O)O)CN(C(C)CCCC)C(C)CCCC. The van der Waals surface area contributed by atoms with Crippen molar-refractivity contribution in [1.29, 1.82) is 0 Å². The van der Waals surface area contributed by atoms with Crippen molar-refractivity contribution in [1.82, 2.24) is 4.90 Å². The van der Waals surface area contributed by atoms with Gasteiger partial charge in [-0.05, 0) is 51.9 Å². The monoisotopic (exact) mass is 395 g/mol. The third-order valence-electron chi connectivity index (χ3n) is 5.89. The van der Waals surface area contributed by atoms with Crippen molar-refractivity contribution in [2.24, 2.45) is 5.92 Å². The maximum absolute atomic E-state index is 11.2. The highest BCUT2D eigenvalue weighted by molar-refractivity contribution is 5.66. The van der Waals surface area contributed by atoms with Gasteiger partial charge in [0.05, 0.1) is 0 Å². The third kappa shape index (κ3) is 14.2. The number of aliphatic carboxylic acids is 1. The van der Waals surface area contributed by atoms with Crippen molar-refractivity contribution in [2.45, 2.75) is 130 Å². The number of hydrogen-bond acceptors (Lipinski definition) is 2. The summed E-state index contributed by atoms with van der Waals surface area (Å²) in [6.07, 6.45) is 19.4. The average Bonchev–Trinajstić information content (AvgIpc) is 2.68. The Morgan fingerprint density at radius 2 is 1.43 bits per heavy atom. The maximum atomic E-state index is 11.2. The molecule has 0 fully saturated rings. The number of carboxylic acid groups (broad SMARTS) is 1. The number of hydrogen-bond donors (Lipinski definition) is 1. The lowest BCUT2D eigenvalue weighted by atomic mass is 9.97. The summed E-state index contributed by atoms with van der Waals surface area (Å²) < 4.78 is 0. The van der Waals surface area contributed by atoms with Crippen LogP contribution in [0.4, 0.5) is 0 Å². The topological polar surface area (TPSA) is 40.5 Å². The Morgan fingerprint density at radius 1 is 0.857 bits per heavy atom. The van der Waals surface area contributed by atoms with Gasteiger partial charge in [0, 0.05) is 25.0 Å². The summed E-state index contributed by atoms with van der Waals surface area (Å²) >= 11 is 0. The van der Waals surface area contributed by atoms with Gasteiger partial charge in [0.1, 0.15) is 0 Å². The molecule has 0 aliphatic carbocycles. The highest BCUT2D eigenvalue weighted by Crippen LogP contribution is 2.21. The van der Waals surface area contributed by atoms with Gasteiger partial charge in [-0.1, -0.05) is 77.9 Å². The molecule has 166 valence electrons. The molecule has 0 bridgehead atoms. The Morgan fingerprint density at radius 3 is 1.93 bits per heavy atom. The lowest BCUT2D eigenvalue weighted by Crippen LogP contribution is -2.43. The van der Waals surface area contributed by atoms with Gasteiger partial charge in [-0.3, -0.25) is 9.69 Å². The minimum absolute atomic E-state index is 0.269. The van der Waals surface area contributed by atoms with Crippen molar-refractivity contribution >= 4 is 5.97 Å². The van der Waals surface area contributed by atoms with Crippen LogP contribution in [0.1, 0.15) is 118 Å². The van der Waals surface area contributed by atoms with Gasteiger partial charge >= 0.3 is 5.97 Å². The van der Waals surface area contributed by atoms with Crippen LogP contribution >= 0.6 is 0 Å². The lowest BCUT2D eigenvalue weighted by Gasteiger charge is -2.37. The van der Waals surface area contributed by atoms with Gasteiger partial charge in [-0.15, -0.1) is 0 Å². The van der Waals surface area contributed by atoms with Crippen molar-refractivity contribution in [2.75, 3.05) is 6.54 Å². The number of carboxylic acids is 1. The van der Waals surface area contributed by atoms with E-state index in [4.69, 9.17) is 0 Å². The van der Waals surface area contributed by atoms with Crippen LogP contribution in [0.15, 0.2) is 12.2 Å². The van der Waals surface area contributed by atoms with Crippen molar-refractivity contribution < 1.29 is 9.90 Å². The Labute approximate surface area is 176 Å². The zero-order valence-electron chi connectivity index (χ0n) is 19.6. The van der Waals surface area contributed by atoms with Crippen LogP contribution in [0.3, 0.4) is 0 Å². The molecule has 1 N–H and O–H groups in total. The molecule has 0 saturated carbocycles. The predicted octanol–water partition coefficient (Wildman–Crippen LogP) is 7.45. The first-order valence-corrected chi connectivity index (χ1v) is 12.1. The van der Waals surface area contributed by atoms with Crippen LogP contribution in [0.5, 0.6) is 0 Å². The second kappa shape index (κ2) is 18.2. The van der Waals surface area contributed by atoms with Gasteiger partial charge in [-0.2, -0.15) is 0 Å². The summed E-state index contributed by atoms with van der Waals surface area (Å²) in [5, 5.41) is 9.18. The molecule has 0 spiro atoms. The van der Waals surface area contributed by atoms with Crippen LogP contribution in [0, 0.1) is 5.92 Å². The first kappa shape index (κ1) is 27.2. The fraction of sp³-hybridized carbons (Fsp3) is 0.880. The van der Waals surface area contributed by atoms with E-state index in [1.807, 2.05) is 0 Å². The normalized spacial score (nSPS) is 15.2. The van der Waals surface area contributed by atoms with Crippen molar-refractivity contribution in [3.05, 3.63) is 12.2 Å². The van der Waals surface area contributed by atoms with Gasteiger partial charge in [0.2, 0.25) is 0 Å². The highest BCUT2D eigenvalue weighted by atomic mass is 16.4. The largest absolute Gasteiger partial charge is 0.481 e. The van der Waals surface area contributed by atoms with E-state index in [1.54, 1.807) is 0 Å². The summed E-state index contributed by atoms with van der Waals surface area (Å²) in [6.45, 7) is 12.5. The van der Waals surface area contributed by atoms with E-state index in [0.717, 1.165) is 19.4 Å². The predicted molar refractivity (Wildman–Crippen MR) is 123 cm³/mol. The van der Waals surface area contributed by atoms with Crippen LogP contribution in [-0.2, 0) is 4.79 Å². The second-order valence-electron chi connectivity index (χ2n) is 8.65. The lowest BCUT2D eigenvalue weighted by molar-refractivity contribution is -0.137. The van der Waals surface area contributed by atoms with Crippen LogP contribution < -0.4 is 0 Å². The molecule has 3 atom stereocenters. The Bertz CT molecular complexity index is 380. The fourth-order valence-electron chi connectivity index (χ4n) is 3.93. The molecule has 0 aromatic carbocycles. The third-order valence-corrected chi connectivity index (χ3v) is 5.89. The summed E-state index contributed by atoms with van der Waals surface area (Å²) in [5.74, 6) is -0.332. The minimum atomic E-state index is -0.675. The first-order chi connectivity index (χ1) is 13.5. The molecular weight excluding hydrogens is 346 g/mol. The maximum Gasteiger partial charge on any atom is 0.303 e. The molecule has 3 unspecified atom stereocenters. The molecule has 0 aliphatic rings. The Kier molecular flexibility index (Phi) is 17.7. The Balaban J connectivity index is 4.97. The number of unbranched alkanes of at least 4 members (excludes halogenated alkanes) is 6. The van der Waals surface area contributed by atoms with E-state index in [9.17, 15) is 9.90 Å². The Hall–Kier alpha value is -0.830. The number of carbonyl (C=O) groups is 1. The molecule has 0 radical (unpaired) electrons. The summed E-state index contributed by atoms with van der Waals surface area (Å²) in [6, 6.07) is 1.13. The molecule has 0 aliphatic heterocycles.